The van der Waals surface area contributed by atoms with Crippen LogP contribution in [-0.2, 0) is 13.0 Å². The summed E-state index contributed by atoms with van der Waals surface area (Å²) in [5, 5.41) is 3.50. The normalized spacial score (nSPS) is 26.9. The van der Waals surface area contributed by atoms with Gasteiger partial charge in [0.05, 0.1) is 5.69 Å². The molecule has 0 radical (unpaired) electrons. The van der Waals surface area contributed by atoms with Gasteiger partial charge in [-0.3, -0.25) is 0 Å². The Morgan fingerprint density at radius 3 is 2.61 bits per heavy atom. The van der Waals surface area contributed by atoms with Crippen LogP contribution in [0.15, 0.2) is 6.20 Å². The second-order valence-electron chi connectivity index (χ2n) is 5.66. The van der Waals surface area contributed by atoms with Gasteiger partial charge in [0.15, 0.2) is 0 Å². The quantitative estimate of drug-likeness (QED) is 0.877. The lowest BCUT2D eigenvalue weighted by atomic mass is 10.0. The minimum Gasteiger partial charge on any atom is -0.342 e. The van der Waals surface area contributed by atoms with Crippen LogP contribution in [0.2, 0.25) is 0 Å². The molecule has 2 fully saturated rings. The molecule has 3 rings (SSSR count). The van der Waals surface area contributed by atoms with E-state index in [0.29, 0.717) is 0 Å². The number of imidazole rings is 1. The monoisotopic (exact) mass is 248 g/mol. The van der Waals surface area contributed by atoms with Crippen molar-refractivity contribution in [3.8, 4) is 0 Å². The van der Waals surface area contributed by atoms with Gasteiger partial charge in [-0.15, -0.1) is 0 Å². The minimum atomic E-state index is 0.835. The van der Waals surface area contributed by atoms with Gasteiger partial charge in [-0.2, -0.15) is 0 Å². The zero-order chi connectivity index (χ0) is 12.5. The Labute approximate surface area is 109 Å². The second-order valence-corrected chi connectivity index (χ2v) is 5.66. The molecule has 2 aliphatic rings. The predicted octanol–water partition coefficient (Wildman–Crippen LogP) is 1.51. The van der Waals surface area contributed by atoms with Crippen LogP contribution in [0, 0.1) is 11.8 Å². The highest BCUT2D eigenvalue weighted by molar-refractivity contribution is 5.36. The Kier molecular flexibility index (Phi) is 3.29. The van der Waals surface area contributed by atoms with Gasteiger partial charge < -0.3 is 14.8 Å². The summed E-state index contributed by atoms with van der Waals surface area (Å²) in [7, 11) is 0. The first-order valence-corrected chi connectivity index (χ1v) is 7.33. The fourth-order valence-electron chi connectivity index (χ4n) is 3.31. The molecule has 0 saturated carbocycles. The molecule has 100 valence electrons. The van der Waals surface area contributed by atoms with E-state index in [0.717, 1.165) is 24.8 Å². The number of rotatable bonds is 4. The molecule has 4 nitrogen and oxygen atoms in total. The van der Waals surface area contributed by atoms with Gasteiger partial charge in [0.2, 0.25) is 5.95 Å². The second kappa shape index (κ2) is 4.92. The minimum absolute atomic E-state index is 0.835. The third-order valence-electron chi connectivity index (χ3n) is 4.30. The molecule has 0 aromatic carbocycles. The maximum Gasteiger partial charge on any atom is 0.205 e. The average Bonchev–Trinajstić information content (AvgIpc) is 3.00. The van der Waals surface area contributed by atoms with E-state index >= 15 is 0 Å². The van der Waals surface area contributed by atoms with Crippen LogP contribution in [0.3, 0.4) is 0 Å². The molecule has 18 heavy (non-hydrogen) atoms. The SMILES string of the molecule is CCCn1cc(CC)nc1N1CC2CNCC2C1. The number of aryl methyl sites for hydroxylation is 2. The van der Waals surface area contributed by atoms with Gasteiger partial charge in [0.25, 0.3) is 0 Å². The molecule has 0 bridgehead atoms. The van der Waals surface area contributed by atoms with E-state index in [4.69, 9.17) is 4.98 Å². The van der Waals surface area contributed by atoms with Crippen molar-refractivity contribution in [3.05, 3.63) is 11.9 Å². The Morgan fingerprint density at radius 1 is 1.28 bits per heavy atom. The molecule has 1 aromatic heterocycles. The Bertz CT molecular complexity index is 400. The van der Waals surface area contributed by atoms with Crippen LogP contribution in [0.25, 0.3) is 0 Å². The van der Waals surface area contributed by atoms with E-state index in [-0.39, 0.29) is 0 Å². The number of anilines is 1. The predicted molar refractivity (Wildman–Crippen MR) is 74.0 cm³/mol. The van der Waals surface area contributed by atoms with Crippen LogP contribution in [0.1, 0.15) is 26.0 Å². The van der Waals surface area contributed by atoms with Crippen LogP contribution in [-0.4, -0.2) is 35.7 Å². The van der Waals surface area contributed by atoms with E-state index in [2.05, 4.69) is 34.8 Å². The molecular formula is C14H24N4. The van der Waals surface area contributed by atoms with Crippen molar-refractivity contribution in [1.82, 2.24) is 14.9 Å². The van der Waals surface area contributed by atoms with E-state index in [1.165, 1.54) is 44.2 Å². The highest BCUT2D eigenvalue weighted by Gasteiger charge is 2.37. The lowest BCUT2D eigenvalue weighted by molar-refractivity contribution is 0.533. The molecule has 4 heteroatoms. The molecule has 0 spiro atoms. The largest absolute Gasteiger partial charge is 0.342 e. The molecule has 2 aliphatic heterocycles. The van der Waals surface area contributed by atoms with Gasteiger partial charge >= 0.3 is 0 Å². The zero-order valence-corrected chi connectivity index (χ0v) is 11.5. The Balaban J connectivity index is 1.80. The van der Waals surface area contributed by atoms with E-state index < -0.39 is 0 Å². The summed E-state index contributed by atoms with van der Waals surface area (Å²) in [5.41, 5.74) is 1.23. The van der Waals surface area contributed by atoms with Crippen molar-refractivity contribution < 1.29 is 0 Å². The van der Waals surface area contributed by atoms with Gasteiger partial charge in [-0.1, -0.05) is 13.8 Å². The van der Waals surface area contributed by atoms with Gasteiger partial charge in [0.1, 0.15) is 0 Å². The van der Waals surface area contributed by atoms with Crippen molar-refractivity contribution in [2.45, 2.75) is 33.2 Å². The maximum absolute atomic E-state index is 4.83. The Morgan fingerprint density at radius 2 is 2.00 bits per heavy atom. The van der Waals surface area contributed by atoms with Crippen LogP contribution in [0.5, 0.6) is 0 Å². The molecule has 2 unspecified atom stereocenters. The third-order valence-corrected chi connectivity index (χ3v) is 4.30. The van der Waals surface area contributed by atoms with Gasteiger partial charge in [0, 0.05) is 38.9 Å². The summed E-state index contributed by atoms with van der Waals surface area (Å²) < 4.78 is 2.35. The summed E-state index contributed by atoms with van der Waals surface area (Å²) in [6, 6.07) is 0. The smallest absolute Gasteiger partial charge is 0.205 e. The number of nitrogens with one attached hydrogen (secondary N) is 1. The summed E-state index contributed by atoms with van der Waals surface area (Å²) in [6.45, 7) is 10.3. The summed E-state index contributed by atoms with van der Waals surface area (Å²) >= 11 is 0. The lowest BCUT2D eigenvalue weighted by Crippen LogP contribution is -2.28. The summed E-state index contributed by atoms with van der Waals surface area (Å²) in [4.78, 5) is 7.33. The van der Waals surface area contributed by atoms with Crippen molar-refractivity contribution in [1.29, 1.82) is 0 Å². The molecule has 1 aromatic rings. The number of hydrogen-bond acceptors (Lipinski definition) is 3. The number of fused-ring (bicyclic) bond motifs is 1. The molecule has 2 saturated heterocycles. The summed E-state index contributed by atoms with van der Waals surface area (Å²) in [5.74, 6) is 2.88. The first kappa shape index (κ1) is 12.0. The van der Waals surface area contributed by atoms with Crippen molar-refractivity contribution in [2.75, 3.05) is 31.1 Å². The van der Waals surface area contributed by atoms with Crippen molar-refractivity contribution >= 4 is 5.95 Å². The number of hydrogen-bond donors (Lipinski definition) is 1. The van der Waals surface area contributed by atoms with Gasteiger partial charge in [-0.05, 0) is 24.7 Å². The van der Waals surface area contributed by atoms with E-state index in [1.54, 1.807) is 0 Å². The lowest BCUT2D eigenvalue weighted by Gasteiger charge is -2.19. The molecule has 3 heterocycles. The third kappa shape index (κ3) is 2.03. The summed E-state index contributed by atoms with van der Waals surface area (Å²) in [6.07, 6.45) is 4.45. The fraction of sp³-hybridized carbons (Fsp3) is 0.786. The first-order chi connectivity index (χ1) is 8.81. The van der Waals surface area contributed by atoms with Crippen LogP contribution < -0.4 is 10.2 Å². The van der Waals surface area contributed by atoms with Crippen molar-refractivity contribution in [3.63, 3.8) is 0 Å². The standard InChI is InChI=1S/C14H24N4/c1-3-5-17-10-13(4-2)16-14(17)18-8-11-6-15-7-12(11)9-18/h10-12,15H,3-9H2,1-2H3. The molecular weight excluding hydrogens is 224 g/mol. The van der Waals surface area contributed by atoms with E-state index in [1.807, 2.05) is 0 Å². The topological polar surface area (TPSA) is 33.1 Å². The van der Waals surface area contributed by atoms with Crippen LogP contribution in [0.4, 0.5) is 5.95 Å². The molecule has 2 atom stereocenters. The fourth-order valence-corrected chi connectivity index (χ4v) is 3.31. The Hall–Kier alpha value is -1.03. The molecule has 0 amide bonds. The molecule has 1 N–H and O–H groups in total. The number of aromatic nitrogens is 2. The van der Waals surface area contributed by atoms with Gasteiger partial charge in [-0.25, -0.2) is 4.98 Å². The molecule has 0 aliphatic carbocycles. The van der Waals surface area contributed by atoms with Crippen LogP contribution >= 0.6 is 0 Å². The number of nitrogens with zero attached hydrogens (tertiary/aromatic N) is 3. The average molecular weight is 248 g/mol. The van der Waals surface area contributed by atoms with Crippen molar-refractivity contribution in [2.24, 2.45) is 11.8 Å². The first-order valence-electron chi connectivity index (χ1n) is 7.33. The highest BCUT2D eigenvalue weighted by atomic mass is 15.3. The van der Waals surface area contributed by atoms with E-state index in [9.17, 15) is 0 Å². The zero-order valence-electron chi connectivity index (χ0n) is 11.5. The maximum atomic E-state index is 4.83. The highest BCUT2D eigenvalue weighted by Crippen LogP contribution is 2.30.